The minimum Gasteiger partial charge on any atom is -0.463 e. The molecule has 0 aliphatic carbocycles. The van der Waals surface area contributed by atoms with Crippen molar-refractivity contribution in [2.24, 2.45) is 5.73 Å². The molecule has 0 radical (unpaired) electrons. The molecule has 106 valence electrons. The molecule has 0 unspecified atom stereocenters. The fourth-order valence-corrected chi connectivity index (χ4v) is 3.03. The number of hydrogen-bond acceptors (Lipinski definition) is 3. The predicted octanol–water partition coefficient (Wildman–Crippen LogP) is 3.31. The molecule has 2 aromatic rings. The van der Waals surface area contributed by atoms with E-state index in [0.717, 1.165) is 30.2 Å². The second-order valence-corrected chi connectivity index (χ2v) is 5.68. The topological polar surface area (TPSA) is 42.4 Å². The Morgan fingerprint density at radius 3 is 2.85 bits per heavy atom. The lowest BCUT2D eigenvalue weighted by Crippen LogP contribution is -2.28. The third kappa shape index (κ3) is 2.46. The number of anilines is 1. The molecule has 0 atom stereocenters. The Kier molecular flexibility index (Phi) is 3.53. The first-order chi connectivity index (χ1) is 9.67. The van der Waals surface area contributed by atoms with Crippen LogP contribution in [0.15, 0.2) is 28.7 Å². The summed E-state index contributed by atoms with van der Waals surface area (Å²) in [4.78, 5) is 2.41. The lowest BCUT2D eigenvalue weighted by Gasteiger charge is -2.30. The van der Waals surface area contributed by atoms with Crippen molar-refractivity contribution in [3.05, 3.63) is 52.5 Å². The molecule has 1 aliphatic heterocycles. The van der Waals surface area contributed by atoms with Gasteiger partial charge in [-0.2, -0.15) is 0 Å². The van der Waals surface area contributed by atoms with Crippen LogP contribution >= 0.6 is 0 Å². The maximum absolute atomic E-state index is 5.84. The van der Waals surface area contributed by atoms with Crippen LogP contribution in [0.1, 0.15) is 34.6 Å². The smallest absolute Gasteiger partial charge is 0.123 e. The van der Waals surface area contributed by atoms with Crippen LogP contribution in [0.3, 0.4) is 0 Å². The summed E-state index contributed by atoms with van der Waals surface area (Å²) in [5, 5.41) is 0. The average molecular weight is 270 g/mol. The van der Waals surface area contributed by atoms with E-state index >= 15 is 0 Å². The summed E-state index contributed by atoms with van der Waals surface area (Å²) in [6.45, 7) is 6.61. The molecule has 1 aliphatic rings. The minimum atomic E-state index is 0.474. The molecule has 1 aromatic heterocycles. The Balaban J connectivity index is 1.85. The number of hydrogen-bond donors (Lipinski definition) is 1. The van der Waals surface area contributed by atoms with Gasteiger partial charge in [0, 0.05) is 12.2 Å². The standard InChI is InChI=1S/C17H22N2O/c1-12-5-6-16-14(8-12)4-3-7-19(16)11-15-9-13(2)17(10-18)20-15/h5-6,8-9H,3-4,7,10-11,18H2,1-2H3. The lowest BCUT2D eigenvalue weighted by atomic mass is 9.99. The molecular weight excluding hydrogens is 248 g/mol. The summed E-state index contributed by atoms with van der Waals surface area (Å²) in [5.74, 6) is 1.91. The van der Waals surface area contributed by atoms with Crippen LogP contribution in [-0.2, 0) is 19.5 Å². The van der Waals surface area contributed by atoms with Crippen molar-refractivity contribution < 1.29 is 4.42 Å². The number of benzene rings is 1. The van der Waals surface area contributed by atoms with Gasteiger partial charge < -0.3 is 15.1 Å². The molecule has 2 heterocycles. The van der Waals surface area contributed by atoms with Crippen molar-refractivity contribution in [3.8, 4) is 0 Å². The zero-order valence-electron chi connectivity index (χ0n) is 12.3. The Morgan fingerprint density at radius 1 is 1.25 bits per heavy atom. The maximum atomic E-state index is 5.84. The second kappa shape index (κ2) is 5.33. The van der Waals surface area contributed by atoms with E-state index < -0.39 is 0 Å². The molecule has 1 aromatic carbocycles. The summed E-state index contributed by atoms with van der Waals surface area (Å²) in [5.41, 5.74) is 11.0. The first kappa shape index (κ1) is 13.3. The average Bonchev–Trinajstić information content (AvgIpc) is 2.78. The molecule has 0 saturated heterocycles. The van der Waals surface area contributed by atoms with Gasteiger partial charge in [-0.25, -0.2) is 0 Å². The van der Waals surface area contributed by atoms with Crippen molar-refractivity contribution in [3.63, 3.8) is 0 Å². The van der Waals surface area contributed by atoms with Crippen LogP contribution in [-0.4, -0.2) is 6.54 Å². The van der Waals surface area contributed by atoms with E-state index in [0.29, 0.717) is 6.54 Å². The van der Waals surface area contributed by atoms with E-state index in [1.807, 2.05) is 0 Å². The van der Waals surface area contributed by atoms with Crippen LogP contribution in [0.4, 0.5) is 5.69 Å². The quantitative estimate of drug-likeness (QED) is 0.930. The van der Waals surface area contributed by atoms with Gasteiger partial charge >= 0.3 is 0 Å². The number of furan rings is 1. The van der Waals surface area contributed by atoms with Gasteiger partial charge in [0.05, 0.1) is 13.1 Å². The van der Waals surface area contributed by atoms with Crippen LogP contribution in [0.2, 0.25) is 0 Å². The van der Waals surface area contributed by atoms with Gasteiger partial charge in [0.2, 0.25) is 0 Å². The zero-order valence-corrected chi connectivity index (χ0v) is 12.3. The third-order valence-electron chi connectivity index (χ3n) is 4.05. The number of fused-ring (bicyclic) bond motifs is 1. The van der Waals surface area contributed by atoms with Gasteiger partial charge in [-0.05, 0) is 49.9 Å². The van der Waals surface area contributed by atoms with Crippen molar-refractivity contribution in [2.75, 3.05) is 11.4 Å². The van der Waals surface area contributed by atoms with E-state index in [2.05, 4.69) is 43.0 Å². The van der Waals surface area contributed by atoms with Gasteiger partial charge in [0.25, 0.3) is 0 Å². The van der Waals surface area contributed by atoms with E-state index in [1.165, 1.54) is 29.7 Å². The summed E-state index contributed by atoms with van der Waals surface area (Å²) >= 11 is 0. The normalized spacial score (nSPS) is 14.4. The van der Waals surface area contributed by atoms with Gasteiger partial charge in [-0.15, -0.1) is 0 Å². The monoisotopic (exact) mass is 270 g/mol. The summed E-state index contributed by atoms with van der Waals surface area (Å²) < 4.78 is 5.84. The van der Waals surface area contributed by atoms with Gasteiger partial charge in [0.1, 0.15) is 11.5 Å². The molecule has 3 heteroatoms. The molecule has 3 nitrogen and oxygen atoms in total. The van der Waals surface area contributed by atoms with Gasteiger partial charge in [-0.3, -0.25) is 0 Å². The highest BCUT2D eigenvalue weighted by Gasteiger charge is 2.18. The molecule has 20 heavy (non-hydrogen) atoms. The minimum absolute atomic E-state index is 0.474. The van der Waals surface area contributed by atoms with E-state index in [4.69, 9.17) is 10.2 Å². The van der Waals surface area contributed by atoms with Crippen LogP contribution in [0.5, 0.6) is 0 Å². The number of rotatable bonds is 3. The molecule has 2 N–H and O–H groups in total. The van der Waals surface area contributed by atoms with E-state index in [1.54, 1.807) is 0 Å². The fourth-order valence-electron chi connectivity index (χ4n) is 3.03. The highest BCUT2D eigenvalue weighted by molar-refractivity contribution is 5.56. The van der Waals surface area contributed by atoms with Crippen molar-refractivity contribution >= 4 is 5.69 Å². The maximum Gasteiger partial charge on any atom is 0.123 e. The Hall–Kier alpha value is -1.74. The number of aryl methyl sites for hydroxylation is 3. The zero-order chi connectivity index (χ0) is 14.1. The van der Waals surface area contributed by atoms with Crippen LogP contribution in [0.25, 0.3) is 0 Å². The number of nitrogens with two attached hydrogens (primary N) is 1. The van der Waals surface area contributed by atoms with Gasteiger partial charge in [0.15, 0.2) is 0 Å². The summed E-state index contributed by atoms with van der Waals surface area (Å²) in [7, 11) is 0. The summed E-state index contributed by atoms with van der Waals surface area (Å²) in [6, 6.07) is 8.85. The molecule has 0 spiro atoms. The second-order valence-electron chi connectivity index (χ2n) is 5.68. The molecular formula is C17H22N2O. The lowest BCUT2D eigenvalue weighted by molar-refractivity contribution is 0.457. The molecule has 0 amide bonds. The van der Waals surface area contributed by atoms with Crippen molar-refractivity contribution in [1.82, 2.24) is 0 Å². The number of nitrogens with zero attached hydrogens (tertiary/aromatic N) is 1. The Bertz CT molecular complexity index is 615. The highest BCUT2D eigenvalue weighted by atomic mass is 16.3. The molecule has 0 bridgehead atoms. The Morgan fingerprint density at radius 2 is 2.10 bits per heavy atom. The van der Waals surface area contributed by atoms with E-state index in [9.17, 15) is 0 Å². The van der Waals surface area contributed by atoms with Gasteiger partial charge in [-0.1, -0.05) is 17.7 Å². The molecule has 0 saturated carbocycles. The third-order valence-corrected chi connectivity index (χ3v) is 4.05. The Labute approximate surface area is 120 Å². The van der Waals surface area contributed by atoms with Crippen molar-refractivity contribution in [1.29, 1.82) is 0 Å². The molecule has 3 rings (SSSR count). The fraction of sp³-hybridized carbons (Fsp3) is 0.412. The van der Waals surface area contributed by atoms with Crippen LogP contribution in [0, 0.1) is 13.8 Å². The molecule has 0 fully saturated rings. The first-order valence-corrected chi connectivity index (χ1v) is 7.30. The predicted molar refractivity (Wildman–Crippen MR) is 81.9 cm³/mol. The largest absolute Gasteiger partial charge is 0.463 e. The SMILES string of the molecule is Cc1ccc2c(c1)CCCN2Cc1cc(C)c(CN)o1. The highest BCUT2D eigenvalue weighted by Crippen LogP contribution is 2.29. The van der Waals surface area contributed by atoms with E-state index in [-0.39, 0.29) is 0 Å². The van der Waals surface area contributed by atoms with Crippen molar-refractivity contribution in [2.45, 2.75) is 39.8 Å². The van der Waals surface area contributed by atoms with Crippen LogP contribution < -0.4 is 10.6 Å². The first-order valence-electron chi connectivity index (χ1n) is 7.30. The summed E-state index contributed by atoms with van der Waals surface area (Å²) in [6.07, 6.45) is 2.39.